The molecule has 0 bridgehead atoms. The number of rotatable bonds is 8. The molecule has 106 valence electrons. The van der Waals surface area contributed by atoms with Crippen molar-refractivity contribution in [1.82, 2.24) is 5.32 Å². The Bertz CT molecular complexity index is 412. The lowest BCUT2D eigenvalue weighted by atomic mass is 10.2. The first-order valence-electron chi connectivity index (χ1n) is 5.97. The fraction of sp³-hybridized carbons (Fsp3) is 0.462. The SMILES string of the molecule is Cc1ccc(Cl)c(OCC(=O)NCCOCCO)c1. The number of aliphatic hydroxyl groups is 1. The molecule has 0 saturated heterocycles. The first kappa shape index (κ1) is 15.8. The van der Waals surface area contributed by atoms with Crippen LogP contribution in [0, 0.1) is 6.92 Å². The highest BCUT2D eigenvalue weighted by atomic mass is 35.5. The molecule has 19 heavy (non-hydrogen) atoms. The van der Waals surface area contributed by atoms with Crippen LogP contribution in [0.15, 0.2) is 18.2 Å². The molecule has 0 radical (unpaired) electrons. The van der Waals surface area contributed by atoms with Gasteiger partial charge in [-0.1, -0.05) is 17.7 Å². The van der Waals surface area contributed by atoms with Gasteiger partial charge in [-0.05, 0) is 24.6 Å². The molecule has 0 aliphatic rings. The third-order valence-corrected chi connectivity index (χ3v) is 2.56. The van der Waals surface area contributed by atoms with E-state index < -0.39 is 0 Å². The van der Waals surface area contributed by atoms with E-state index in [9.17, 15) is 4.79 Å². The molecule has 0 saturated carbocycles. The molecule has 0 aromatic heterocycles. The van der Waals surface area contributed by atoms with Crippen molar-refractivity contribution in [1.29, 1.82) is 0 Å². The van der Waals surface area contributed by atoms with Gasteiger partial charge >= 0.3 is 0 Å². The Hall–Kier alpha value is -1.30. The van der Waals surface area contributed by atoms with Gasteiger partial charge in [-0.15, -0.1) is 0 Å². The van der Waals surface area contributed by atoms with Gasteiger partial charge in [0.2, 0.25) is 0 Å². The smallest absolute Gasteiger partial charge is 0.258 e. The fourth-order valence-electron chi connectivity index (χ4n) is 1.34. The Morgan fingerprint density at radius 1 is 1.42 bits per heavy atom. The molecule has 0 spiro atoms. The van der Waals surface area contributed by atoms with Gasteiger partial charge in [0.25, 0.3) is 5.91 Å². The van der Waals surface area contributed by atoms with E-state index in [4.69, 9.17) is 26.2 Å². The van der Waals surface area contributed by atoms with Gasteiger partial charge in [0.1, 0.15) is 5.75 Å². The van der Waals surface area contributed by atoms with Crippen molar-refractivity contribution < 1.29 is 19.4 Å². The zero-order valence-corrected chi connectivity index (χ0v) is 11.6. The van der Waals surface area contributed by atoms with E-state index in [1.54, 1.807) is 12.1 Å². The number of nitrogens with one attached hydrogen (secondary N) is 1. The lowest BCUT2D eigenvalue weighted by Crippen LogP contribution is -2.31. The number of aryl methyl sites for hydroxylation is 1. The maximum absolute atomic E-state index is 11.5. The van der Waals surface area contributed by atoms with Crippen molar-refractivity contribution in [3.63, 3.8) is 0 Å². The Kier molecular flexibility index (Phi) is 7.25. The van der Waals surface area contributed by atoms with Gasteiger partial charge in [0.05, 0.1) is 24.8 Å². The molecule has 1 aromatic rings. The minimum absolute atomic E-state index is 0.0249. The fourth-order valence-corrected chi connectivity index (χ4v) is 1.52. The van der Waals surface area contributed by atoms with E-state index in [0.717, 1.165) is 5.56 Å². The summed E-state index contributed by atoms with van der Waals surface area (Å²) in [6.45, 7) is 2.81. The topological polar surface area (TPSA) is 67.8 Å². The molecule has 0 aliphatic heterocycles. The van der Waals surface area contributed by atoms with E-state index >= 15 is 0 Å². The third kappa shape index (κ3) is 6.42. The standard InChI is InChI=1S/C13H18ClNO4/c1-10-2-3-11(14)12(8-10)19-9-13(17)15-4-6-18-7-5-16/h2-3,8,16H,4-7,9H2,1H3,(H,15,17). The summed E-state index contributed by atoms with van der Waals surface area (Å²) in [6, 6.07) is 5.38. The Labute approximate surface area is 117 Å². The van der Waals surface area contributed by atoms with Gasteiger partial charge in [-0.3, -0.25) is 4.79 Å². The van der Waals surface area contributed by atoms with Crippen molar-refractivity contribution in [3.05, 3.63) is 28.8 Å². The second kappa shape index (κ2) is 8.74. The number of benzene rings is 1. The van der Waals surface area contributed by atoms with Crippen LogP contribution >= 0.6 is 11.6 Å². The van der Waals surface area contributed by atoms with Gasteiger partial charge in [-0.2, -0.15) is 0 Å². The number of carbonyl (C=O) groups excluding carboxylic acids is 1. The molecule has 1 aromatic carbocycles. The van der Waals surface area contributed by atoms with Gasteiger partial charge < -0.3 is 19.9 Å². The Balaban J connectivity index is 2.24. The molecular weight excluding hydrogens is 270 g/mol. The zero-order chi connectivity index (χ0) is 14.1. The van der Waals surface area contributed by atoms with Crippen molar-refractivity contribution in [2.45, 2.75) is 6.92 Å². The van der Waals surface area contributed by atoms with Crippen LogP contribution in [-0.2, 0) is 9.53 Å². The molecule has 0 fully saturated rings. The number of hydrogen-bond acceptors (Lipinski definition) is 4. The predicted octanol–water partition coefficient (Wildman–Crippen LogP) is 1.15. The minimum atomic E-state index is -0.245. The van der Waals surface area contributed by atoms with Crippen molar-refractivity contribution in [2.24, 2.45) is 0 Å². The van der Waals surface area contributed by atoms with Crippen LogP contribution in [0.2, 0.25) is 5.02 Å². The van der Waals surface area contributed by atoms with Crippen LogP contribution in [0.3, 0.4) is 0 Å². The minimum Gasteiger partial charge on any atom is -0.482 e. The van der Waals surface area contributed by atoms with Crippen LogP contribution in [-0.4, -0.2) is 44.0 Å². The van der Waals surface area contributed by atoms with Crippen LogP contribution in [0.25, 0.3) is 0 Å². The summed E-state index contributed by atoms with van der Waals surface area (Å²) >= 11 is 5.94. The van der Waals surface area contributed by atoms with Crippen molar-refractivity contribution in [2.75, 3.05) is 33.0 Å². The molecule has 1 amide bonds. The van der Waals surface area contributed by atoms with Crippen LogP contribution < -0.4 is 10.1 Å². The number of carbonyl (C=O) groups is 1. The van der Waals surface area contributed by atoms with Crippen molar-refractivity contribution >= 4 is 17.5 Å². The largest absolute Gasteiger partial charge is 0.482 e. The highest BCUT2D eigenvalue weighted by Crippen LogP contribution is 2.24. The summed E-state index contributed by atoms with van der Waals surface area (Å²) in [5, 5.41) is 11.6. The molecule has 0 atom stereocenters. The Morgan fingerprint density at radius 3 is 2.95 bits per heavy atom. The average Bonchev–Trinajstić information content (AvgIpc) is 2.39. The number of amides is 1. The second-order valence-electron chi connectivity index (χ2n) is 3.91. The predicted molar refractivity (Wildman–Crippen MR) is 72.6 cm³/mol. The third-order valence-electron chi connectivity index (χ3n) is 2.25. The van der Waals surface area contributed by atoms with E-state index in [1.807, 2.05) is 13.0 Å². The molecule has 0 unspecified atom stereocenters. The van der Waals surface area contributed by atoms with Crippen LogP contribution in [0.1, 0.15) is 5.56 Å². The summed E-state index contributed by atoms with van der Waals surface area (Å²) in [5.41, 5.74) is 1.01. The van der Waals surface area contributed by atoms with E-state index in [-0.39, 0.29) is 25.7 Å². The lowest BCUT2D eigenvalue weighted by Gasteiger charge is -2.09. The quantitative estimate of drug-likeness (QED) is 0.704. The van der Waals surface area contributed by atoms with Gasteiger partial charge in [-0.25, -0.2) is 0 Å². The van der Waals surface area contributed by atoms with Crippen molar-refractivity contribution in [3.8, 4) is 5.75 Å². The molecule has 1 rings (SSSR count). The summed E-state index contributed by atoms with van der Waals surface area (Å²) in [5.74, 6) is 0.249. The monoisotopic (exact) mass is 287 g/mol. The van der Waals surface area contributed by atoms with Gasteiger partial charge in [0.15, 0.2) is 6.61 Å². The maximum atomic E-state index is 11.5. The molecule has 2 N–H and O–H groups in total. The molecule has 5 nitrogen and oxygen atoms in total. The van der Waals surface area contributed by atoms with Crippen LogP contribution in [0.5, 0.6) is 5.75 Å². The average molecular weight is 288 g/mol. The summed E-state index contributed by atoms with van der Waals surface area (Å²) in [6.07, 6.45) is 0. The maximum Gasteiger partial charge on any atom is 0.258 e. The lowest BCUT2D eigenvalue weighted by molar-refractivity contribution is -0.123. The molecule has 6 heteroatoms. The van der Waals surface area contributed by atoms with E-state index in [1.165, 1.54) is 0 Å². The van der Waals surface area contributed by atoms with E-state index in [0.29, 0.717) is 23.9 Å². The zero-order valence-electron chi connectivity index (χ0n) is 10.8. The highest BCUT2D eigenvalue weighted by Gasteiger charge is 2.05. The number of aliphatic hydroxyl groups excluding tert-OH is 1. The number of ether oxygens (including phenoxy) is 2. The summed E-state index contributed by atoms with van der Waals surface area (Å²) in [4.78, 5) is 11.5. The van der Waals surface area contributed by atoms with E-state index in [2.05, 4.69) is 5.32 Å². The molecular formula is C13H18ClNO4. The summed E-state index contributed by atoms with van der Waals surface area (Å²) < 4.78 is 10.3. The Morgan fingerprint density at radius 2 is 2.21 bits per heavy atom. The van der Waals surface area contributed by atoms with Gasteiger partial charge in [0, 0.05) is 6.54 Å². The first-order valence-corrected chi connectivity index (χ1v) is 6.35. The molecule has 0 heterocycles. The molecule has 0 aliphatic carbocycles. The first-order chi connectivity index (χ1) is 9.13. The summed E-state index contributed by atoms with van der Waals surface area (Å²) in [7, 11) is 0. The second-order valence-corrected chi connectivity index (χ2v) is 4.32. The number of halogens is 1. The van der Waals surface area contributed by atoms with Crippen LogP contribution in [0.4, 0.5) is 0 Å². The normalized spacial score (nSPS) is 10.3. The number of hydrogen-bond donors (Lipinski definition) is 2. The highest BCUT2D eigenvalue weighted by molar-refractivity contribution is 6.32.